The molecule has 1 heterocycles. The van der Waals surface area contributed by atoms with Crippen molar-refractivity contribution in [1.29, 1.82) is 0 Å². The van der Waals surface area contributed by atoms with Gasteiger partial charge in [-0.15, -0.1) is 0 Å². The number of carboxylic acid groups (broad SMARTS) is 2. The Labute approximate surface area is 97.5 Å². The monoisotopic (exact) mass is 239 g/mol. The van der Waals surface area contributed by atoms with Crippen molar-refractivity contribution in [3.8, 4) is 0 Å². The number of anilines is 1. The molecule has 0 fully saturated rings. The SMILES string of the molecule is CCCC(Nc1ncccn1)(C(=O)O)C(=O)O. The third-order valence-corrected chi connectivity index (χ3v) is 2.25. The lowest BCUT2D eigenvalue weighted by Gasteiger charge is -2.25. The summed E-state index contributed by atoms with van der Waals surface area (Å²) in [6.07, 6.45) is 3.14. The molecule has 0 atom stereocenters. The van der Waals surface area contributed by atoms with Gasteiger partial charge < -0.3 is 15.5 Å². The fourth-order valence-electron chi connectivity index (χ4n) is 1.40. The lowest BCUT2D eigenvalue weighted by Crippen LogP contribution is -2.53. The van der Waals surface area contributed by atoms with Gasteiger partial charge in [-0.25, -0.2) is 19.6 Å². The molecule has 7 nitrogen and oxygen atoms in total. The number of rotatable bonds is 6. The van der Waals surface area contributed by atoms with Gasteiger partial charge in [-0.05, 0) is 12.5 Å². The number of aliphatic carboxylic acids is 2. The van der Waals surface area contributed by atoms with Crippen molar-refractivity contribution in [1.82, 2.24) is 9.97 Å². The molecule has 1 aromatic rings. The Morgan fingerprint density at radius 2 is 1.82 bits per heavy atom. The van der Waals surface area contributed by atoms with E-state index in [4.69, 9.17) is 10.2 Å². The summed E-state index contributed by atoms with van der Waals surface area (Å²) in [5.74, 6) is -2.94. The molecule has 0 saturated carbocycles. The summed E-state index contributed by atoms with van der Waals surface area (Å²) in [4.78, 5) is 29.8. The Morgan fingerprint density at radius 3 is 2.24 bits per heavy atom. The molecule has 92 valence electrons. The second-order valence-corrected chi connectivity index (χ2v) is 3.46. The largest absolute Gasteiger partial charge is 0.479 e. The van der Waals surface area contributed by atoms with Crippen LogP contribution in [-0.4, -0.2) is 37.7 Å². The van der Waals surface area contributed by atoms with Crippen LogP contribution in [0.2, 0.25) is 0 Å². The molecule has 0 bridgehead atoms. The Morgan fingerprint density at radius 1 is 1.29 bits per heavy atom. The molecule has 0 aliphatic carbocycles. The quantitative estimate of drug-likeness (QED) is 0.623. The van der Waals surface area contributed by atoms with Gasteiger partial charge in [0.2, 0.25) is 11.5 Å². The molecule has 0 amide bonds. The normalized spacial score (nSPS) is 10.9. The highest BCUT2D eigenvalue weighted by atomic mass is 16.4. The van der Waals surface area contributed by atoms with Crippen molar-refractivity contribution in [2.24, 2.45) is 0 Å². The maximum atomic E-state index is 11.2. The molecule has 0 aromatic carbocycles. The minimum absolute atomic E-state index is 0.0225. The smallest absolute Gasteiger partial charge is 0.341 e. The van der Waals surface area contributed by atoms with Gasteiger partial charge in [0.1, 0.15) is 0 Å². The molecule has 17 heavy (non-hydrogen) atoms. The first-order chi connectivity index (χ1) is 8.03. The second kappa shape index (κ2) is 5.24. The zero-order valence-electron chi connectivity index (χ0n) is 9.25. The summed E-state index contributed by atoms with van der Waals surface area (Å²) in [5, 5.41) is 20.5. The molecular weight excluding hydrogens is 226 g/mol. The Hall–Kier alpha value is -2.18. The first-order valence-electron chi connectivity index (χ1n) is 5.05. The molecule has 7 heteroatoms. The van der Waals surface area contributed by atoms with Crippen molar-refractivity contribution >= 4 is 17.9 Å². The lowest BCUT2D eigenvalue weighted by molar-refractivity contribution is -0.155. The van der Waals surface area contributed by atoms with Gasteiger partial charge in [0.05, 0.1) is 0 Å². The van der Waals surface area contributed by atoms with E-state index in [-0.39, 0.29) is 12.4 Å². The van der Waals surface area contributed by atoms with Crippen LogP contribution in [0.5, 0.6) is 0 Å². The van der Waals surface area contributed by atoms with E-state index >= 15 is 0 Å². The average molecular weight is 239 g/mol. The van der Waals surface area contributed by atoms with Gasteiger partial charge in [-0.1, -0.05) is 13.3 Å². The summed E-state index contributed by atoms with van der Waals surface area (Å²) in [5.41, 5.74) is -2.09. The van der Waals surface area contributed by atoms with E-state index in [0.717, 1.165) is 0 Å². The number of aromatic nitrogens is 2. The number of carboxylic acids is 2. The summed E-state index contributed by atoms with van der Waals surface area (Å²) in [6.45, 7) is 1.70. The molecular formula is C10H13N3O4. The van der Waals surface area contributed by atoms with Crippen LogP contribution in [0.3, 0.4) is 0 Å². The third kappa shape index (κ3) is 2.68. The van der Waals surface area contributed by atoms with E-state index in [9.17, 15) is 9.59 Å². The van der Waals surface area contributed by atoms with E-state index in [1.54, 1.807) is 13.0 Å². The molecule has 0 saturated heterocycles. The van der Waals surface area contributed by atoms with Gasteiger partial charge in [0, 0.05) is 12.4 Å². The molecule has 3 N–H and O–H groups in total. The van der Waals surface area contributed by atoms with Gasteiger partial charge in [0.15, 0.2) is 0 Å². The lowest BCUT2D eigenvalue weighted by atomic mass is 9.94. The maximum absolute atomic E-state index is 11.2. The molecule has 1 rings (SSSR count). The number of nitrogens with zero attached hydrogens (tertiary/aromatic N) is 2. The van der Waals surface area contributed by atoms with E-state index < -0.39 is 17.5 Å². The molecule has 0 aliphatic heterocycles. The predicted octanol–water partition coefficient (Wildman–Crippen LogP) is 0.597. The third-order valence-electron chi connectivity index (χ3n) is 2.25. The van der Waals surface area contributed by atoms with Crippen molar-refractivity contribution in [2.75, 3.05) is 5.32 Å². The summed E-state index contributed by atoms with van der Waals surface area (Å²) in [6, 6.07) is 1.55. The van der Waals surface area contributed by atoms with Crippen LogP contribution in [-0.2, 0) is 9.59 Å². The second-order valence-electron chi connectivity index (χ2n) is 3.46. The molecule has 1 aromatic heterocycles. The Balaban J connectivity index is 3.06. The van der Waals surface area contributed by atoms with Crippen LogP contribution in [0.4, 0.5) is 5.95 Å². The van der Waals surface area contributed by atoms with Crippen LogP contribution in [0.25, 0.3) is 0 Å². The Bertz CT molecular complexity index is 393. The number of hydrogen-bond donors (Lipinski definition) is 3. The number of carbonyl (C=O) groups is 2. The first kappa shape index (κ1) is 12.9. The zero-order valence-corrected chi connectivity index (χ0v) is 9.25. The maximum Gasteiger partial charge on any atom is 0.341 e. The fraction of sp³-hybridized carbons (Fsp3) is 0.400. The van der Waals surface area contributed by atoms with Crippen LogP contribution in [0.1, 0.15) is 19.8 Å². The molecule has 0 aliphatic rings. The van der Waals surface area contributed by atoms with Crippen molar-refractivity contribution in [2.45, 2.75) is 25.3 Å². The Kier molecular flexibility index (Phi) is 3.97. The standard InChI is InChI=1S/C10H13N3O4/c1-2-4-10(7(14)15,8(16)17)13-9-11-5-3-6-12-9/h3,5-6H,2,4H2,1H3,(H,14,15)(H,16,17)(H,11,12,13). The number of nitrogens with one attached hydrogen (secondary N) is 1. The highest BCUT2D eigenvalue weighted by Gasteiger charge is 2.46. The predicted molar refractivity (Wildman–Crippen MR) is 58.6 cm³/mol. The van der Waals surface area contributed by atoms with E-state index in [0.29, 0.717) is 6.42 Å². The van der Waals surface area contributed by atoms with Crippen LogP contribution >= 0.6 is 0 Å². The highest BCUT2D eigenvalue weighted by molar-refractivity contribution is 6.05. The fourth-order valence-corrected chi connectivity index (χ4v) is 1.40. The minimum Gasteiger partial charge on any atom is -0.479 e. The molecule has 0 unspecified atom stereocenters. The molecule has 0 spiro atoms. The summed E-state index contributed by atoms with van der Waals surface area (Å²) < 4.78 is 0. The number of hydrogen-bond acceptors (Lipinski definition) is 5. The van der Waals surface area contributed by atoms with Gasteiger partial charge >= 0.3 is 11.9 Å². The van der Waals surface area contributed by atoms with E-state index in [1.807, 2.05) is 0 Å². The van der Waals surface area contributed by atoms with Crippen LogP contribution in [0, 0.1) is 0 Å². The van der Waals surface area contributed by atoms with Crippen LogP contribution in [0.15, 0.2) is 18.5 Å². The minimum atomic E-state index is -2.09. The topological polar surface area (TPSA) is 112 Å². The average Bonchev–Trinajstić information content (AvgIpc) is 2.29. The summed E-state index contributed by atoms with van der Waals surface area (Å²) in [7, 11) is 0. The van der Waals surface area contributed by atoms with Gasteiger partial charge in [-0.3, -0.25) is 0 Å². The van der Waals surface area contributed by atoms with Crippen molar-refractivity contribution in [3.05, 3.63) is 18.5 Å². The first-order valence-corrected chi connectivity index (χ1v) is 5.05. The molecule has 0 radical (unpaired) electrons. The van der Waals surface area contributed by atoms with Gasteiger partial charge in [0.25, 0.3) is 0 Å². The van der Waals surface area contributed by atoms with E-state index in [1.165, 1.54) is 12.4 Å². The van der Waals surface area contributed by atoms with E-state index in [2.05, 4.69) is 15.3 Å². The van der Waals surface area contributed by atoms with Crippen molar-refractivity contribution < 1.29 is 19.8 Å². The summed E-state index contributed by atoms with van der Waals surface area (Å²) >= 11 is 0. The highest BCUT2D eigenvalue weighted by Crippen LogP contribution is 2.19. The zero-order chi connectivity index (χ0) is 12.9. The van der Waals surface area contributed by atoms with Crippen molar-refractivity contribution in [3.63, 3.8) is 0 Å². The van der Waals surface area contributed by atoms with Gasteiger partial charge in [-0.2, -0.15) is 0 Å². The van der Waals surface area contributed by atoms with Crippen LogP contribution < -0.4 is 5.32 Å².